The standard InChI is InChI=1S/C26H24BrN3O2/c1-16-6-4-9-21-22-12-17(2)29-30(22)26(28-25(16)21)19-10-11-23(24(14-19)31-3)32-15-18-7-5-8-20(27)13-18/h4-14,26,28H,15H2,1-3H3. The highest BCUT2D eigenvalue weighted by Gasteiger charge is 2.28. The molecule has 2 heterocycles. The number of fused-ring (bicyclic) bond motifs is 3. The number of hydrogen-bond acceptors (Lipinski definition) is 4. The van der Waals surface area contributed by atoms with E-state index in [1.807, 2.05) is 48.0 Å². The highest BCUT2D eigenvalue weighted by molar-refractivity contribution is 9.10. The maximum atomic E-state index is 6.07. The van der Waals surface area contributed by atoms with Gasteiger partial charge in [0.25, 0.3) is 0 Å². The van der Waals surface area contributed by atoms with Crippen LogP contribution in [0.4, 0.5) is 5.69 Å². The number of anilines is 1. The summed E-state index contributed by atoms with van der Waals surface area (Å²) in [6.07, 6.45) is -0.139. The first-order valence-corrected chi connectivity index (χ1v) is 11.3. The third-order valence-corrected chi connectivity index (χ3v) is 6.21. The van der Waals surface area contributed by atoms with Gasteiger partial charge < -0.3 is 14.8 Å². The minimum absolute atomic E-state index is 0.139. The van der Waals surface area contributed by atoms with Crippen LogP contribution < -0.4 is 14.8 Å². The monoisotopic (exact) mass is 489 g/mol. The second-order valence-corrected chi connectivity index (χ2v) is 8.90. The van der Waals surface area contributed by atoms with Crippen LogP contribution in [0.3, 0.4) is 0 Å². The molecule has 0 radical (unpaired) electrons. The number of rotatable bonds is 5. The van der Waals surface area contributed by atoms with Crippen LogP contribution in [0.15, 0.2) is 71.2 Å². The second-order valence-electron chi connectivity index (χ2n) is 7.99. The van der Waals surface area contributed by atoms with E-state index in [0.717, 1.165) is 32.7 Å². The largest absolute Gasteiger partial charge is 0.493 e. The Hall–Kier alpha value is -3.25. The minimum Gasteiger partial charge on any atom is -0.493 e. The third-order valence-electron chi connectivity index (χ3n) is 5.72. The van der Waals surface area contributed by atoms with Gasteiger partial charge in [0.2, 0.25) is 0 Å². The van der Waals surface area contributed by atoms with E-state index in [4.69, 9.17) is 14.6 Å². The number of benzene rings is 3. The minimum atomic E-state index is -0.139. The van der Waals surface area contributed by atoms with E-state index < -0.39 is 0 Å². The summed E-state index contributed by atoms with van der Waals surface area (Å²) in [5, 5.41) is 8.46. The van der Waals surface area contributed by atoms with Crippen LogP contribution >= 0.6 is 15.9 Å². The van der Waals surface area contributed by atoms with Crippen LogP contribution in [0.1, 0.15) is 28.6 Å². The maximum Gasteiger partial charge on any atom is 0.161 e. The molecule has 1 unspecified atom stereocenters. The molecule has 0 saturated heterocycles. The van der Waals surface area contributed by atoms with Crippen molar-refractivity contribution in [1.82, 2.24) is 9.78 Å². The quantitative estimate of drug-likeness (QED) is 0.348. The summed E-state index contributed by atoms with van der Waals surface area (Å²) in [5.74, 6) is 1.40. The van der Waals surface area contributed by atoms with Gasteiger partial charge in [-0.2, -0.15) is 5.10 Å². The van der Waals surface area contributed by atoms with Crippen LogP contribution in [0, 0.1) is 13.8 Å². The van der Waals surface area contributed by atoms with Crippen molar-refractivity contribution in [3.63, 3.8) is 0 Å². The van der Waals surface area contributed by atoms with E-state index in [1.54, 1.807) is 7.11 Å². The Labute approximate surface area is 196 Å². The van der Waals surface area contributed by atoms with Crippen LogP contribution in [-0.2, 0) is 6.61 Å². The van der Waals surface area contributed by atoms with E-state index in [0.29, 0.717) is 18.1 Å². The Bertz CT molecular complexity index is 1300. The lowest BCUT2D eigenvalue weighted by Gasteiger charge is -2.30. The van der Waals surface area contributed by atoms with E-state index in [9.17, 15) is 0 Å². The highest BCUT2D eigenvalue weighted by Crippen LogP contribution is 2.41. The SMILES string of the molecule is COc1cc(C2Nc3c(C)cccc3-c3cc(C)nn32)ccc1OCc1cccc(Br)c1. The predicted molar refractivity (Wildman–Crippen MR) is 130 cm³/mol. The van der Waals surface area contributed by atoms with Gasteiger partial charge in [-0.05, 0) is 55.3 Å². The van der Waals surface area contributed by atoms with Crippen LogP contribution in [-0.4, -0.2) is 16.9 Å². The van der Waals surface area contributed by atoms with Gasteiger partial charge in [0, 0.05) is 21.3 Å². The summed E-state index contributed by atoms with van der Waals surface area (Å²) in [6, 6.07) is 22.6. The molecule has 32 heavy (non-hydrogen) atoms. The van der Waals surface area contributed by atoms with Crippen LogP contribution in [0.25, 0.3) is 11.3 Å². The maximum absolute atomic E-state index is 6.07. The van der Waals surface area contributed by atoms with Crippen molar-refractivity contribution >= 4 is 21.6 Å². The van der Waals surface area contributed by atoms with Gasteiger partial charge in [-0.3, -0.25) is 0 Å². The normalized spacial score (nSPS) is 14.3. The second kappa shape index (κ2) is 8.36. The summed E-state index contributed by atoms with van der Waals surface area (Å²) >= 11 is 3.51. The molecule has 1 aliphatic rings. The molecule has 0 saturated carbocycles. The number of aryl methyl sites for hydroxylation is 2. The molecular formula is C26H24BrN3O2. The zero-order valence-corrected chi connectivity index (χ0v) is 19.8. The number of nitrogens with one attached hydrogen (secondary N) is 1. The number of ether oxygens (including phenoxy) is 2. The Balaban J connectivity index is 1.48. The van der Waals surface area contributed by atoms with Crippen molar-refractivity contribution in [2.45, 2.75) is 26.6 Å². The molecule has 0 fully saturated rings. The Kier molecular flexibility index (Phi) is 5.39. The van der Waals surface area contributed by atoms with Crippen molar-refractivity contribution in [3.8, 4) is 22.8 Å². The molecule has 4 aromatic rings. The molecule has 0 spiro atoms. The van der Waals surface area contributed by atoms with Crippen molar-refractivity contribution in [2.24, 2.45) is 0 Å². The Morgan fingerprint density at radius 2 is 1.84 bits per heavy atom. The lowest BCUT2D eigenvalue weighted by molar-refractivity contribution is 0.284. The van der Waals surface area contributed by atoms with Crippen molar-refractivity contribution in [2.75, 3.05) is 12.4 Å². The summed E-state index contributed by atoms with van der Waals surface area (Å²) in [4.78, 5) is 0. The molecular weight excluding hydrogens is 466 g/mol. The molecule has 0 amide bonds. The van der Waals surface area contributed by atoms with E-state index in [-0.39, 0.29) is 6.17 Å². The molecule has 6 heteroatoms. The van der Waals surface area contributed by atoms with Crippen LogP contribution in [0.5, 0.6) is 11.5 Å². The fourth-order valence-electron chi connectivity index (χ4n) is 4.17. The van der Waals surface area contributed by atoms with Gasteiger partial charge >= 0.3 is 0 Å². The molecule has 3 aromatic carbocycles. The van der Waals surface area contributed by atoms with Gasteiger partial charge in [-0.1, -0.05) is 52.3 Å². The fourth-order valence-corrected chi connectivity index (χ4v) is 4.62. The van der Waals surface area contributed by atoms with Gasteiger partial charge in [-0.25, -0.2) is 4.68 Å². The van der Waals surface area contributed by atoms with Crippen LogP contribution in [0.2, 0.25) is 0 Å². The molecule has 1 aromatic heterocycles. The first kappa shape index (κ1) is 20.6. The first-order valence-electron chi connectivity index (χ1n) is 10.5. The fraction of sp³-hybridized carbons (Fsp3) is 0.192. The molecule has 0 aliphatic carbocycles. The lowest BCUT2D eigenvalue weighted by Crippen LogP contribution is -2.26. The lowest BCUT2D eigenvalue weighted by atomic mass is 10.0. The Morgan fingerprint density at radius 1 is 1.00 bits per heavy atom. The average molecular weight is 490 g/mol. The predicted octanol–water partition coefficient (Wildman–Crippen LogP) is 6.49. The van der Waals surface area contributed by atoms with E-state index in [1.165, 1.54) is 11.1 Å². The van der Waals surface area contributed by atoms with Gasteiger partial charge in [-0.15, -0.1) is 0 Å². The first-order chi connectivity index (χ1) is 15.5. The summed E-state index contributed by atoms with van der Waals surface area (Å²) in [7, 11) is 1.67. The van der Waals surface area contributed by atoms with E-state index >= 15 is 0 Å². The van der Waals surface area contributed by atoms with E-state index in [2.05, 4.69) is 58.5 Å². The van der Waals surface area contributed by atoms with Crippen molar-refractivity contribution in [3.05, 3.63) is 93.6 Å². The summed E-state index contributed by atoms with van der Waals surface area (Å²) in [5.41, 5.74) is 7.75. The number of aromatic nitrogens is 2. The topological polar surface area (TPSA) is 48.3 Å². The smallest absolute Gasteiger partial charge is 0.161 e. The van der Waals surface area contributed by atoms with Crippen molar-refractivity contribution < 1.29 is 9.47 Å². The molecule has 1 N–H and O–H groups in total. The number of hydrogen-bond donors (Lipinski definition) is 1. The summed E-state index contributed by atoms with van der Waals surface area (Å²) < 4.78 is 14.8. The third kappa shape index (κ3) is 3.75. The molecule has 5 nitrogen and oxygen atoms in total. The summed E-state index contributed by atoms with van der Waals surface area (Å²) in [6.45, 7) is 4.62. The molecule has 5 rings (SSSR count). The zero-order valence-electron chi connectivity index (χ0n) is 18.2. The molecule has 0 bridgehead atoms. The molecule has 162 valence electrons. The number of nitrogens with zero attached hydrogens (tertiary/aromatic N) is 2. The number of halogens is 1. The highest BCUT2D eigenvalue weighted by atomic mass is 79.9. The molecule has 1 atom stereocenters. The number of methoxy groups -OCH3 is 1. The van der Waals surface area contributed by atoms with Gasteiger partial charge in [0.05, 0.1) is 18.5 Å². The Morgan fingerprint density at radius 3 is 2.66 bits per heavy atom. The average Bonchev–Trinajstić information content (AvgIpc) is 3.19. The van der Waals surface area contributed by atoms with Gasteiger partial charge in [0.1, 0.15) is 12.8 Å². The molecule has 1 aliphatic heterocycles. The van der Waals surface area contributed by atoms with Gasteiger partial charge in [0.15, 0.2) is 11.5 Å². The van der Waals surface area contributed by atoms with Crippen molar-refractivity contribution in [1.29, 1.82) is 0 Å². The zero-order chi connectivity index (χ0) is 22.2. The number of para-hydroxylation sites is 1.